The summed E-state index contributed by atoms with van der Waals surface area (Å²) in [4.78, 5) is 24.4. The van der Waals surface area contributed by atoms with E-state index >= 15 is 0 Å². The van der Waals surface area contributed by atoms with Gasteiger partial charge in [-0.05, 0) is 29.3 Å². The van der Waals surface area contributed by atoms with Crippen molar-refractivity contribution < 1.29 is 14.3 Å². The second-order valence-corrected chi connectivity index (χ2v) is 6.30. The molecule has 142 valence electrons. The number of nitrogens with one attached hydrogen (secondary N) is 2. The average Bonchev–Trinajstić information content (AvgIpc) is 2.73. The van der Waals surface area contributed by atoms with Crippen LogP contribution in [0.2, 0.25) is 0 Å². The Balaban J connectivity index is 1.78. The molecule has 28 heavy (non-hydrogen) atoms. The van der Waals surface area contributed by atoms with E-state index < -0.39 is 5.97 Å². The largest absolute Gasteiger partial charge is 0.465 e. The third kappa shape index (κ3) is 5.20. The van der Waals surface area contributed by atoms with E-state index in [2.05, 4.69) is 10.6 Å². The van der Waals surface area contributed by atoms with Crippen LogP contribution in [-0.2, 0) is 22.5 Å². The van der Waals surface area contributed by atoms with Crippen LogP contribution in [0.1, 0.15) is 21.5 Å². The van der Waals surface area contributed by atoms with Crippen molar-refractivity contribution >= 4 is 23.3 Å². The monoisotopic (exact) mass is 374 g/mol. The van der Waals surface area contributed by atoms with E-state index in [1.54, 1.807) is 18.2 Å². The molecule has 2 N–H and O–H groups in total. The van der Waals surface area contributed by atoms with Gasteiger partial charge in [0.25, 0.3) is 0 Å². The van der Waals surface area contributed by atoms with E-state index in [1.807, 2.05) is 60.7 Å². The Bertz CT molecular complexity index is 941. The molecule has 3 rings (SSSR count). The van der Waals surface area contributed by atoms with E-state index in [0.29, 0.717) is 17.8 Å². The molecule has 0 bridgehead atoms. The van der Waals surface area contributed by atoms with Crippen molar-refractivity contribution in [1.82, 2.24) is 0 Å². The summed E-state index contributed by atoms with van der Waals surface area (Å²) < 4.78 is 4.79. The Morgan fingerprint density at radius 1 is 0.821 bits per heavy atom. The first-order chi connectivity index (χ1) is 13.7. The Hall–Kier alpha value is -3.60. The number of rotatable bonds is 7. The number of amides is 1. The summed E-state index contributed by atoms with van der Waals surface area (Å²) in [6.07, 6.45) is 0.251. The van der Waals surface area contributed by atoms with Gasteiger partial charge in [0.1, 0.15) is 0 Å². The van der Waals surface area contributed by atoms with Crippen molar-refractivity contribution in [3.63, 3.8) is 0 Å². The number of esters is 1. The molecule has 0 fully saturated rings. The minimum atomic E-state index is -0.451. The highest BCUT2D eigenvalue weighted by atomic mass is 16.5. The molecule has 0 saturated heterocycles. The Kier molecular flexibility index (Phi) is 6.41. The van der Waals surface area contributed by atoms with Gasteiger partial charge in [-0.25, -0.2) is 4.79 Å². The van der Waals surface area contributed by atoms with Gasteiger partial charge in [-0.1, -0.05) is 60.7 Å². The van der Waals surface area contributed by atoms with Crippen LogP contribution in [-0.4, -0.2) is 19.0 Å². The maximum atomic E-state index is 12.5. The highest BCUT2D eigenvalue weighted by molar-refractivity contribution is 5.98. The van der Waals surface area contributed by atoms with E-state index in [0.717, 1.165) is 16.8 Å². The normalized spacial score (nSPS) is 10.2. The first-order valence-corrected chi connectivity index (χ1v) is 8.99. The Labute approximate surface area is 164 Å². The molecule has 0 heterocycles. The predicted molar refractivity (Wildman–Crippen MR) is 110 cm³/mol. The first kappa shape index (κ1) is 19.2. The molecule has 0 saturated carbocycles. The minimum Gasteiger partial charge on any atom is -0.465 e. The van der Waals surface area contributed by atoms with Crippen LogP contribution >= 0.6 is 0 Å². The van der Waals surface area contributed by atoms with E-state index in [-0.39, 0.29) is 12.3 Å². The minimum absolute atomic E-state index is 0.157. The number of ether oxygens (including phenoxy) is 1. The molecule has 0 atom stereocenters. The molecule has 5 heteroatoms. The number of carbonyl (C=O) groups excluding carboxylic acids is 2. The second kappa shape index (κ2) is 9.37. The lowest BCUT2D eigenvalue weighted by Crippen LogP contribution is -2.16. The van der Waals surface area contributed by atoms with Gasteiger partial charge in [-0.3, -0.25) is 4.79 Å². The third-order valence-electron chi connectivity index (χ3n) is 4.25. The van der Waals surface area contributed by atoms with Crippen molar-refractivity contribution in [3.05, 3.63) is 95.6 Å². The van der Waals surface area contributed by atoms with Crippen molar-refractivity contribution in [2.45, 2.75) is 13.0 Å². The van der Waals surface area contributed by atoms with E-state index in [9.17, 15) is 9.59 Å². The maximum absolute atomic E-state index is 12.5. The van der Waals surface area contributed by atoms with Crippen molar-refractivity contribution in [1.29, 1.82) is 0 Å². The van der Waals surface area contributed by atoms with Gasteiger partial charge in [0, 0.05) is 6.54 Å². The van der Waals surface area contributed by atoms with Crippen LogP contribution in [0.5, 0.6) is 0 Å². The van der Waals surface area contributed by atoms with Crippen LogP contribution in [0.3, 0.4) is 0 Å². The highest BCUT2D eigenvalue weighted by Gasteiger charge is 2.13. The predicted octanol–water partition coefficient (Wildman–Crippen LogP) is 4.27. The standard InChI is InChI=1S/C23H22N2O3/c1-28-23(27)19-12-13-20(24-16-18-10-6-3-7-11-18)21(15-19)25-22(26)14-17-8-4-2-5-9-17/h2-13,15,24H,14,16H2,1H3,(H,25,26). The summed E-state index contributed by atoms with van der Waals surface area (Å²) in [5.41, 5.74) is 3.68. The molecular formula is C23H22N2O3. The van der Waals surface area contributed by atoms with Gasteiger partial charge in [0.05, 0.1) is 30.5 Å². The molecule has 0 spiro atoms. The molecule has 0 unspecified atom stereocenters. The molecule has 5 nitrogen and oxygen atoms in total. The number of methoxy groups -OCH3 is 1. The molecule has 0 aliphatic carbocycles. The van der Waals surface area contributed by atoms with Gasteiger partial charge in [0.15, 0.2) is 0 Å². The van der Waals surface area contributed by atoms with Gasteiger partial charge >= 0.3 is 5.97 Å². The molecule has 0 aliphatic heterocycles. The van der Waals surface area contributed by atoms with Crippen LogP contribution in [0, 0.1) is 0 Å². The van der Waals surface area contributed by atoms with Gasteiger partial charge in [0.2, 0.25) is 5.91 Å². The van der Waals surface area contributed by atoms with Gasteiger partial charge < -0.3 is 15.4 Å². The summed E-state index contributed by atoms with van der Waals surface area (Å²) in [6.45, 7) is 0.597. The SMILES string of the molecule is COC(=O)c1ccc(NCc2ccccc2)c(NC(=O)Cc2ccccc2)c1. The van der Waals surface area contributed by atoms with Crippen LogP contribution in [0.15, 0.2) is 78.9 Å². The number of hydrogen-bond acceptors (Lipinski definition) is 4. The number of anilines is 2. The fourth-order valence-electron chi connectivity index (χ4n) is 2.82. The highest BCUT2D eigenvalue weighted by Crippen LogP contribution is 2.25. The zero-order valence-corrected chi connectivity index (χ0v) is 15.6. The smallest absolute Gasteiger partial charge is 0.337 e. The summed E-state index contributed by atoms with van der Waals surface area (Å²) in [7, 11) is 1.33. The quantitative estimate of drug-likeness (QED) is 0.606. The average molecular weight is 374 g/mol. The van der Waals surface area contributed by atoms with Crippen LogP contribution in [0.4, 0.5) is 11.4 Å². The summed E-state index contributed by atoms with van der Waals surface area (Å²) in [5, 5.41) is 6.22. The molecule has 3 aromatic carbocycles. The Morgan fingerprint density at radius 2 is 1.46 bits per heavy atom. The molecule has 3 aromatic rings. The van der Waals surface area contributed by atoms with Crippen LogP contribution < -0.4 is 10.6 Å². The number of hydrogen-bond donors (Lipinski definition) is 2. The molecule has 0 radical (unpaired) electrons. The van der Waals surface area contributed by atoms with E-state index in [4.69, 9.17) is 4.74 Å². The third-order valence-corrected chi connectivity index (χ3v) is 4.25. The zero-order valence-electron chi connectivity index (χ0n) is 15.6. The fraction of sp³-hybridized carbons (Fsp3) is 0.130. The topological polar surface area (TPSA) is 67.4 Å². The molecule has 1 amide bonds. The van der Waals surface area contributed by atoms with Crippen molar-refractivity contribution in [2.24, 2.45) is 0 Å². The molecule has 0 aliphatic rings. The molecular weight excluding hydrogens is 352 g/mol. The lowest BCUT2D eigenvalue weighted by Gasteiger charge is -2.15. The fourth-order valence-corrected chi connectivity index (χ4v) is 2.82. The van der Waals surface area contributed by atoms with Gasteiger partial charge in [-0.2, -0.15) is 0 Å². The Morgan fingerprint density at radius 3 is 2.11 bits per heavy atom. The maximum Gasteiger partial charge on any atom is 0.337 e. The zero-order chi connectivity index (χ0) is 19.8. The van der Waals surface area contributed by atoms with Crippen LogP contribution in [0.25, 0.3) is 0 Å². The summed E-state index contributed by atoms with van der Waals surface area (Å²) in [5.74, 6) is -0.607. The lowest BCUT2D eigenvalue weighted by atomic mass is 10.1. The second-order valence-electron chi connectivity index (χ2n) is 6.30. The first-order valence-electron chi connectivity index (χ1n) is 8.99. The van der Waals surface area contributed by atoms with Crippen molar-refractivity contribution in [2.75, 3.05) is 17.7 Å². The lowest BCUT2D eigenvalue weighted by molar-refractivity contribution is -0.115. The molecule has 0 aromatic heterocycles. The number of carbonyl (C=O) groups is 2. The van der Waals surface area contributed by atoms with E-state index in [1.165, 1.54) is 7.11 Å². The van der Waals surface area contributed by atoms with Crippen molar-refractivity contribution in [3.8, 4) is 0 Å². The summed E-state index contributed by atoms with van der Waals surface area (Å²) in [6, 6.07) is 24.5. The number of benzene rings is 3. The van der Waals surface area contributed by atoms with Gasteiger partial charge in [-0.15, -0.1) is 0 Å². The summed E-state index contributed by atoms with van der Waals surface area (Å²) >= 11 is 0.